The largest absolute Gasteiger partial charge is 0.476 e. The number of rotatable bonds is 2. The van der Waals surface area contributed by atoms with Gasteiger partial charge < -0.3 is 15.8 Å². The van der Waals surface area contributed by atoms with Gasteiger partial charge in [-0.2, -0.15) is 5.10 Å². The summed E-state index contributed by atoms with van der Waals surface area (Å²) in [5, 5.41) is 12.5. The van der Waals surface area contributed by atoms with E-state index in [1.807, 2.05) is 0 Å². The van der Waals surface area contributed by atoms with Crippen LogP contribution in [0.2, 0.25) is 0 Å². The van der Waals surface area contributed by atoms with Crippen molar-refractivity contribution in [1.82, 2.24) is 19.7 Å². The van der Waals surface area contributed by atoms with E-state index in [-0.39, 0.29) is 21.7 Å². The number of aromatic amines is 1. The molecule has 0 saturated carbocycles. The van der Waals surface area contributed by atoms with E-state index in [0.717, 1.165) is 4.68 Å². The molecule has 0 bridgehead atoms. The van der Waals surface area contributed by atoms with Crippen LogP contribution in [0.3, 0.4) is 0 Å². The first-order valence-corrected chi connectivity index (χ1v) is 5.12. The smallest absolute Gasteiger partial charge is 0.358 e. The average molecular weight is 300 g/mol. The van der Waals surface area contributed by atoms with E-state index in [4.69, 9.17) is 10.8 Å². The summed E-state index contributed by atoms with van der Waals surface area (Å²) in [5.74, 6) is -1.09. The zero-order chi connectivity index (χ0) is 12.6. The number of nitrogens with two attached hydrogens (primary N) is 1. The van der Waals surface area contributed by atoms with Crippen LogP contribution in [0.15, 0.2) is 21.8 Å². The van der Waals surface area contributed by atoms with Crippen LogP contribution in [-0.4, -0.2) is 30.8 Å². The summed E-state index contributed by atoms with van der Waals surface area (Å²) in [4.78, 5) is 28.3. The molecule has 0 aliphatic heterocycles. The Labute approximate surface area is 102 Å². The number of H-pyrrole nitrogens is 1. The summed E-state index contributed by atoms with van der Waals surface area (Å²) in [6, 6.07) is 0. The third-order valence-electron chi connectivity index (χ3n) is 1.94. The summed E-state index contributed by atoms with van der Waals surface area (Å²) in [6.07, 6.45) is 2.46. The van der Waals surface area contributed by atoms with Crippen molar-refractivity contribution >= 4 is 27.6 Å². The summed E-state index contributed by atoms with van der Waals surface area (Å²) < 4.78 is 1.26. The van der Waals surface area contributed by atoms with Gasteiger partial charge in [0, 0.05) is 0 Å². The molecule has 0 aliphatic rings. The van der Waals surface area contributed by atoms with Crippen LogP contribution in [0.5, 0.6) is 0 Å². The van der Waals surface area contributed by atoms with E-state index >= 15 is 0 Å². The Hall–Kier alpha value is -2.16. The molecule has 2 aromatic heterocycles. The number of nitrogens with one attached hydrogen (secondary N) is 1. The van der Waals surface area contributed by atoms with Crippen molar-refractivity contribution in [3.8, 4) is 5.82 Å². The molecule has 0 unspecified atom stereocenters. The SMILES string of the molecule is Nc1cn(-c2nc[nH]c(=O)c2Br)nc1C(=O)O. The highest BCUT2D eigenvalue weighted by Gasteiger charge is 2.16. The first kappa shape index (κ1) is 11.3. The zero-order valence-electron chi connectivity index (χ0n) is 8.22. The van der Waals surface area contributed by atoms with Crippen LogP contribution in [-0.2, 0) is 0 Å². The molecule has 2 heterocycles. The number of aromatic carboxylic acids is 1. The van der Waals surface area contributed by atoms with Crippen molar-refractivity contribution in [2.75, 3.05) is 5.73 Å². The predicted octanol–water partition coefficient (Wildman–Crippen LogP) is -0.00150. The number of anilines is 1. The number of halogens is 1. The minimum atomic E-state index is -1.25. The Morgan fingerprint density at radius 1 is 1.59 bits per heavy atom. The van der Waals surface area contributed by atoms with Gasteiger partial charge in [-0.3, -0.25) is 4.79 Å². The molecule has 0 aliphatic carbocycles. The lowest BCUT2D eigenvalue weighted by molar-refractivity contribution is 0.0691. The van der Waals surface area contributed by atoms with E-state index in [1.54, 1.807) is 0 Å². The molecule has 2 rings (SSSR count). The molecule has 17 heavy (non-hydrogen) atoms. The standard InChI is InChI=1S/C8H6BrN5O3/c9-4-6(11-2-12-7(4)15)14-1-3(10)5(13-14)8(16)17/h1-2H,10H2,(H,16,17)(H,11,12,15). The Kier molecular flexibility index (Phi) is 2.68. The molecule has 9 heteroatoms. The van der Waals surface area contributed by atoms with Crippen LogP contribution in [0.25, 0.3) is 5.82 Å². The fourth-order valence-electron chi connectivity index (χ4n) is 1.20. The van der Waals surface area contributed by atoms with Gasteiger partial charge in [0.15, 0.2) is 11.5 Å². The Morgan fingerprint density at radius 3 is 2.88 bits per heavy atom. The lowest BCUT2D eigenvalue weighted by atomic mass is 10.4. The van der Waals surface area contributed by atoms with Crippen molar-refractivity contribution < 1.29 is 9.90 Å². The topological polar surface area (TPSA) is 127 Å². The number of aromatic nitrogens is 4. The fraction of sp³-hybridized carbons (Fsp3) is 0. The fourth-order valence-corrected chi connectivity index (χ4v) is 1.59. The van der Waals surface area contributed by atoms with Crippen molar-refractivity contribution in [2.45, 2.75) is 0 Å². The first-order chi connectivity index (χ1) is 8.00. The predicted molar refractivity (Wildman–Crippen MR) is 61.1 cm³/mol. The summed E-state index contributed by atoms with van der Waals surface area (Å²) in [6.45, 7) is 0. The van der Waals surface area contributed by atoms with Gasteiger partial charge >= 0.3 is 5.97 Å². The molecule has 2 aromatic rings. The zero-order valence-corrected chi connectivity index (χ0v) is 9.80. The number of nitrogen functional groups attached to an aromatic ring is 1. The molecule has 0 amide bonds. The maximum Gasteiger partial charge on any atom is 0.358 e. The van der Waals surface area contributed by atoms with Crippen LogP contribution < -0.4 is 11.3 Å². The summed E-state index contributed by atoms with van der Waals surface area (Å²) in [5.41, 5.74) is 4.77. The van der Waals surface area contributed by atoms with E-state index in [9.17, 15) is 9.59 Å². The van der Waals surface area contributed by atoms with Crippen LogP contribution in [0, 0.1) is 0 Å². The lowest BCUT2D eigenvalue weighted by Gasteiger charge is -2.00. The van der Waals surface area contributed by atoms with Gasteiger partial charge in [0.1, 0.15) is 4.47 Å². The van der Waals surface area contributed by atoms with Gasteiger partial charge in [0.2, 0.25) is 0 Å². The molecule has 0 radical (unpaired) electrons. The van der Waals surface area contributed by atoms with Crippen LogP contribution in [0.4, 0.5) is 5.69 Å². The van der Waals surface area contributed by atoms with Crippen molar-refractivity contribution in [3.05, 3.63) is 33.0 Å². The molecule has 88 valence electrons. The highest BCUT2D eigenvalue weighted by Crippen LogP contribution is 2.16. The molecule has 0 fully saturated rings. The van der Waals surface area contributed by atoms with E-state index < -0.39 is 11.5 Å². The Morgan fingerprint density at radius 2 is 2.29 bits per heavy atom. The first-order valence-electron chi connectivity index (χ1n) is 4.32. The normalized spacial score (nSPS) is 10.4. The van der Waals surface area contributed by atoms with Crippen LogP contribution >= 0.6 is 15.9 Å². The molecule has 0 spiro atoms. The molecule has 0 aromatic carbocycles. The quantitative estimate of drug-likeness (QED) is 0.716. The van der Waals surface area contributed by atoms with Crippen molar-refractivity contribution in [3.63, 3.8) is 0 Å². The number of hydrogen-bond donors (Lipinski definition) is 3. The molecule has 4 N–H and O–H groups in total. The van der Waals surface area contributed by atoms with Crippen molar-refractivity contribution in [2.24, 2.45) is 0 Å². The highest BCUT2D eigenvalue weighted by atomic mass is 79.9. The number of hydrogen-bond acceptors (Lipinski definition) is 5. The minimum absolute atomic E-state index is 0.00789. The third-order valence-corrected chi connectivity index (χ3v) is 2.66. The summed E-state index contributed by atoms with van der Waals surface area (Å²) in [7, 11) is 0. The maximum atomic E-state index is 11.3. The van der Waals surface area contributed by atoms with E-state index in [0.29, 0.717) is 0 Å². The van der Waals surface area contributed by atoms with Gasteiger partial charge in [-0.25, -0.2) is 14.5 Å². The van der Waals surface area contributed by atoms with E-state index in [1.165, 1.54) is 12.5 Å². The molecule has 0 saturated heterocycles. The number of carboxylic acid groups (broad SMARTS) is 1. The Bertz CT molecular complexity index is 647. The molecule has 8 nitrogen and oxygen atoms in total. The number of carbonyl (C=O) groups is 1. The maximum absolute atomic E-state index is 11.3. The van der Waals surface area contributed by atoms with Gasteiger partial charge in [0.25, 0.3) is 5.56 Å². The second-order valence-electron chi connectivity index (χ2n) is 3.05. The Balaban J connectivity index is 2.62. The van der Waals surface area contributed by atoms with Gasteiger partial charge in [-0.1, -0.05) is 0 Å². The lowest BCUT2D eigenvalue weighted by Crippen LogP contribution is -2.13. The minimum Gasteiger partial charge on any atom is -0.476 e. The second-order valence-corrected chi connectivity index (χ2v) is 3.85. The highest BCUT2D eigenvalue weighted by molar-refractivity contribution is 9.10. The summed E-state index contributed by atoms with van der Waals surface area (Å²) >= 11 is 3.03. The average Bonchev–Trinajstić information content (AvgIpc) is 2.64. The third kappa shape index (κ3) is 1.91. The van der Waals surface area contributed by atoms with Gasteiger partial charge in [-0.05, 0) is 15.9 Å². The number of nitrogens with zero attached hydrogens (tertiary/aromatic N) is 3. The molecular formula is C8H6BrN5O3. The van der Waals surface area contributed by atoms with Crippen molar-refractivity contribution in [1.29, 1.82) is 0 Å². The molecule has 0 atom stereocenters. The number of carboxylic acids is 1. The van der Waals surface area contributed by atoms with Crippen LogP contribution in [0.1, 0.15) is 10.5 Å². The second kappa shape index (κ2) is 4.01. The monoisotopic (exact) mass is 299 g/mol. The van der Waals surface area contributed by atoms with Gasteiger partial charge in [-0.15, -0.1) is 0 Å². The van der Waals surface area contributed by atoms with Gasteiger partial charge in [0.05, 0.1) is 18.2 Å². The van der Waals surface area contributed by atoms with E-state index in [2.05, 4.69) is 31.0 Å². The molecular weight excluding hydrogens is 294 g/mol.